The van der Waals surface area contributed by atoms with Gasteiger partial charge in [-0.25, -0.2) is 0 Å². The average Bonchev–Trinajstić information content (AvgIpc) is 2.88. The molecule has 1 fully saturated rings. The van der Waals surface area contributed by atoms with Crippen molar-refractivity contribution in [3.63, 3.8) is 0 Å². The molecule has 0 radical (unpaired) electrons. The molecule has 1 rings (SSSR count). The maximum Gasteiger partial charge on any atom is 0.305 e. The van der Waals surface area contributed by atoms with E-state index in [0.29, 0.717) is 25.7 Å². The van der Waals surface area contributed by atoms with Crippen LogP contribution in [-0.4, -0.2) is 46.2 Å². The van der Waals surface area contributed by atoms with Crippen molar-refractivity contribution in [2.24, 2.45) is 11.8 Å². The predicted molar refractivity (Wildman–Crippen MR) is 112 cm³/mol. The number of rotatable bonds is 11. The van der Waals surface area contributed by atoms with E-state index in [1.54, 1.807) is 13.0 Å². The number of hydrogen-bond donors (Lipinski definition) is 3. The number of aliphatic hydroxyl groups excluding tert-OH is 2. The van der Waals surface area contributed by atoms with E-state index in [1.165, 1.54) is 12.7 Å². The molecule has 1 unspecified atom stereocenters. The van der Waals surface area contributed by atoms with Gasteiger partial charge in [-0.15, -0.1) is 0 Å². The lowest BCUT2D eigenvalue weighted by atomic mass is 9.88. The molecule has 0 aromatic heterocycles. The van der Waals surface area contributed by atoms with Gasteiger partial charge < -0.3 is 20.1 Å². The first-order chi connectivity index (χ1) is 13.2. The lowest BCUT2D eigenvalue weighted by molar-refractivity contribution is -0.140. The quantitative estimate of drug-likeness (QED) is 0.283. The summed E-state index contributed by atoms with van der Waals surface area (Å²) >= 11 is 0. The molecular formula is C23H38O5. The molecule has 0 saturated heterocycles. The van der Waals surface area contributed by atoms with Crippen LogP contribution >= 0.6 is 0 Å². The second kappa shape index (κ2) is 12.2. The molecule has 3 N–H and O–H groups in total. The van der Waals surface area contributed by atoms with Gasteiger partial charge in [-0.05, 0) is 58.8 Å². The number of carbonyl (C=O) groups is 1. The van der Waals surface area contributed by atoms with Crippen molar-refractivity contribution >= 4 is 5.97 Å². The predicted octanol–water partition coefficient (Wildman–Crippen LogP) is 3.69. The van der Waals surface area contributed by atoms with Crippen LogP contribution in [0.25, 0.3) is 0 Å². The zero-order valence-corrected chi connectivity index (χ0v) is 17.8. The van der Waals surface area contributed by atoms with Crippen molar-refractivity contribution in [3.05, 3.63) is 36.0 Å². The molecule has 0 bridgehead atoms. The molecule has 5 atom stereocenters. The number of aliphatic hydroxyl groups is 3. The molecule has 5 heteroatoms. The number of allylic oxidation sites excluding steroid dienone is 4. The van der Waals surface area contributed by atoms with E-state index in [9.17, 15) is 20.1 Å². The molecule has 0 aromatic carbocycles. The summed E-state index contributed by atoms with van der Waals surface area (Å²) in [5.74, 6) is -0.453. The summed E-state index contributed by atoms with van der Waals surface area (Å²) in [6, 6.07) is 0. The van der Waals surface area contributed by atoms with Gasteiger partial charge in [-0.2, -0.15) is 0 Å². The monoisotopic (exact) mass is 394 g/mol. The minimum Gasteiger partial charge on any atom is -0.469 e. The van der Waals surface area contributed by atoms with E-state index < -0.39 is 17.8 Å². The number of hydrogen-bond acceptors (Lipinski definition) is 5. The number of esters is 1. The molecule has 1 saturated carbocycles. The molecule has 1 aliphatic rings. The summed E-state index contributed by atoms with van der Waals surface area (Å²) < 4.78 is 4.61. The Morgan fingerprint density at radius 3 is 2.54 bits per heavy atom. The Morgan fingerprint density at radius 2 is 1.89 bits per heavy atom. The third kappa shape index (κ3) is 9.18. The second-order valence-corrected chi connectivity index (χ2v) is 8.32. The second-order valence-electron chi connectivity index (χ2n) is 8.32. The number of methoxy groups -OCH3 is 1. The number of ether oxygens (including phenoxy) is 1. The summed E-state index contributed by atoms with van der Waals surface area (Å²) in [4.78, 5) is 11.1. The Morgan fingerprint density at radius 1 is 1.18 bits per heavy atom. The molecule has 0 spiro atoms. The highest BCUT2D eigenvalue weighted by atomic mass is 16.5. The zero-order valence-electron chi connectivity index (χ0n) is 17.8. The van der Waals surface area contributed by atoms with Gasteiger partial charge in [0.1, 0.15) is 0 Å². The van der Waals surface area contributed by atoms with Crippen LogP contribution in [0.15, 0.2) is 36.0 Å². The highest BCUT2D eigenvalue weighted by Gasteiger charge is 2.39. The normalized spacial score (nSPS) is 27.2. The topological polar surface area (TPSA) is 87.0 Å². The van der Waals surface area contributed by atoms with Crippen LogP contribution in [0.3, 0.4) is 0 Å². The van der Waals surface area contributed by atoms with E-state index in [0.717, 1.165) is 19.3 Å². The van der Waals surface area contributed by atoms with Gasteiger partial charge in [0.2, 0.25) is 0 Å². The summed E-state index contributed by atoms with van der Waals surface area (Å²) in [7, 11) is 1.39. The van der Waals surface area contributed by atoms with Crippen LogP contribution in [0.4, 0.5) is 0 Å². The van der Waals surface area contributed by atoms with Gasteiger partial charge >= 0.3 is 5.97 Å². The average molecular weight is 395 g/mol. The maximum atomic E-state index is 11.1. The summed E-state index contributed by atoms with van der Waals surface area (Å²) in [5.41, 5.74) is 0.292. The first-order valence-electron chi connectivity index (χ1n) is 10.3. The van der Waals surface area contributed by atoms with E-state index in [-0.39, 0.29) is 17.8 Å². The van der Waals surface area contributed by atoms with Crippen molar-refractivity contribution in [1.82, 2.24) is 0 Å². The molecular weight excluding hydrogens is 356 g/mol. The molecule has 0 aromatic rings. The molecule has 0 heterocycles. The fraction of sp³-hybridized carbons (Fsp3) is 0.696. The Labute approximate surface area is 169 Å². The van der Waals surface area contributed by atoms with E-state index >= 15 is 0 Å². The Balaban J connectivity index is 2.58. The molecule has 0 aliphatic heterocycles. The smallest absolute Gasteiger partial charge is 0.305 e. The Bertz CT molecular complexity index is 557. The van der Waals surface area contributed by atoms with Crippen molar-refractivity contribution in [3.8, 4) is 0 Å². The maximum absolute atomic E-state index is 11.1. The molecule has 1 aliphatic carbocycles. The Hall–Kier alpha value is -1.43. The van der Waals surface area contributed by atoms with Gasteiger partial charge in [0, 0.05) is 18.8 Å². The van der Waals surface area contributed by atoms with Gasteiger partial charge in [-0.1, -0.05) is 36.0 Å². The summed E-state index contributed by atoms with van der Waals surface area (Å²) in [6.07, 6.45) is 13.0. The van der Waals surface area contributed by atoms with Crippen LogP contribution in [0.2, 0.25) is 0 Å². The largest absolute Gasteiger partial charge is 0.469 e. The summed E-state index contributed by atoms with van der Waals surface area (Å²) in [5, 5.41) is 31.2. The minimum atomic E-state index is -0.937. The van der Waals surface area contributed by atoms with E-state index in [2.05, 4.69) is 10.8 Å². The lowest BCUT2D eigenvalue weighted by Crippen LogP contribution is -2.24. The number of carbonyl (C=O) groups excluding carboxylic acids is 1. The van der Waals surface area contributed by atoms with Crippen molar-refractivity contribution in [1.29, 1.82) is 0 Å². The van der Waals surface area contributed by atoms with Gasteiger partial charge in [-0.3, -0.25) is 4.79 Å². The van der Waals surface area contributed by atoms with Crippen LogP contribution in [-0.2, 0) is 9.53 Å². The minimum absolute atomic E-state index is 0.0725. The molecule has 28 heavy (non-hydrogen) atoms. The van der Waals surface area contributed by atoms with Gasteiger partial charge in [0.25, 0.3) is 0 Å². The van der Waals surface area contributed by atoms with Gasteiger partial charge in [0.15, 0.2) is 0 Å². The van der Waals surface area contributed by atoms with Crippen molar-refractivity contribution < 1.29 is 24.9 Å². The molecule has 160 valence electrons. The molecule has 0 amide bonds. The van der Waals surface area contributed by atoms with Gasteiger partial charge in [0.05, 0.1) is 24.9 Å². The van der Waals surface area contributed by atoms with Crippen molar-refractivity contribution in [2.45, 2.75) is 83.5 Å². The standard InChI is InChI=1S/C23H38O5/c1-17(2)10-9-14-23(3,27)15-13-19-18(20(24)16-21(19)25)11-7-5-6-8-12-22(26)28-4/h5,7,10,13,15,18-21,24-25,27H,6,8-9,11-12,14,16H2,1-4H3/t18-,19-,20+,21-,23?/m1/s1. The lowest BCUT2D eigenvalue weighted by Gasteiger charge is -2.23. The van der Waals surface area contributed by atoms with Crippen LogP contribution < -0.4 is 0 Å². The fourth-order valence-electron chi connectivity index (χ4n) is 3.60. The highest BCUT2D eigenvalue weighted by molar-refractivity contribution is 5.69. The van der Waals surface area contributed by atoms with Crippen LogP contribution in [0.5, 0.6) is 0 Å². The van der Waals surface area contributed by atoms with Crippen molar-refractivity contribution in [2.75, 3.05) is 7.11 Å². The van der Waals surface area contributed by atoms with E-state index in [4.69, 9.17) is 0 Å². The third-order valence-corrected chi connectivity index (χ3v) is 5.35. The first kappa shape index (κ1) is 24.6. The first-order valence-corrected chi connectivity index (χ1v) is 10.3. The highest BCUT2D eigenvalue weighted by Crippen LogP contribution is 2.37. The van der Waals surface area contributed by atoms with Crippen LogP contribution in [0, 0.1) is 11.8 Å². The SMILES string of the molecule is COC(=O)CCCC=CC[C@@H]1[C@@H](C=CC(C)(O)CCC=C(C)C)[C@H](O)C[C@@H]1O. The van der Waals surface area contributed by atoms with E-state index in [1.807, 2.05) is 32.1 Å². The molecule has 5 nitrogen and oxygen atoms in total. The zero-order chi connectivity index (χ0) is 21.2. The number of unbranched alkanes of at least 4 members (excludes halogenated alkanes) is 1. The van der Waals surface area contributed by atoms with Crippen LogP contribution in [0.1, 0.15) is 65.7 Å². The third-order valence-electron chi connectivity index (χ3n) is 5.35. The Kier molecular flexibility index (Phi) is 10.7. The summed E-state index contributed by atoms with van der Waals surface area (Å²) in [6.45, 7) is 5.85. The fourth-order valence-corrected chi connectivity index (χ4v) is 3.60.